The summed E-state index contributed by atoms with van der Waals surface area (Å²) in [5, 5.41) is 3.73. The lowest BCUT2D eigenvalue weighted by Crippen LogP contribution is -2.55. The van der Waals surface area contributed by atoms with E-state index in [1.54, 1.807) is 20.8 Å². The van der Waals surface area contributed by atoms with E-state index in [9.17, 15) is 4.79 Å². The Bertz CT molecular complexity index is 391. The Balaban J connectivity index is 1.92. The van der Waals surface area contributed by atoms with E-state index in [1.165, 1.54) is 0 Å². The van der Waals surface area contributed by atoms with Gasteiger partial charge in [0, 0.05) is 13.1 Å². The van der Waals surface area contributed by atoms with Gasteiger partial charge >= 0.3 is 5.97 Å². The van der Waals surface area contributed by atoms with Crippen molar-refractivity contribution in [2.75, 3.05) is 26.3 Å². The summed E-state index contributed by atoms with van der Waals surface area (Å²) >= 11 is 5.37. The molecule has 0 saturated carbocycles. The smallest absolute Gasteiger partial charge is 0.313 e. The summed E-state index contributed by atoms with van der Waals surface area (Å²) < 4.78 is 16.5. The van der Waals surface area contributed by atoms with Gasteiger partial charge in [0.25, 0.3) is 0 Å². The summed E-state index contributed by atoms with van der Waals surface area (Å²) in [6.07, 6.45) is 0.961. The van der Waals surface area contributed by atoms with Crippen molar-refractivity contribution in [1.29, 1.82) is 0 Å². The van der Waals surface area contributed by atoms with Gasteiger partial charge in [-0.3, -0.25) is 4.79 Å². The van der Waals surface area contributed by atoms with Crippen molar-refractivity contribution in [3.05, 3.63) is 0 Å². The monoisotopic (exact) mass is 316 g/mol. The van der Waals surface area contributed by atoms with Crippen molar-refractivity contribution in [1.82, 2.24) is 10.2 Å². The molecule has 0 amide bonds. The molecule has 21 heavy (non-hydrogen) atoms. The van der Waals surface area contributed by atoms with E-state index in [0.29, 0.717) is 18.3 Å². The predicted molar refractivity (Wildman–Crippen MR) is 81.6 cm³/mol. The number of rotatable bonds is 2. The van der Waals surface area contributed by atoms with Crippen LogP contribution in [0.5, 0.6) is 0 Å². The molecule has 1 N–H and O–H groups in total. The minimum atomic E-state index is -0.772. The van der Waals surface area contributed by atoms with E-state index in [2.05, 4.69) is 10.2 Å². The van der Waals surface area contributed by atoms with Crippen LogP contribution in [0.3, 0.4) is 0 Å². The van der Waals surface area contributed by atoms with Crippen molar-refractivity contribution in [3.8, 4) is 0 Å². The Morgan fingerprint density at radius 2 is 1.86 bits per heavy atom. The normalized spacial score (nSPS) is 26.5. The molecule has 120 valence electrons. The first-order valence-corrected chi connectivity index (χ1v) is 7.78. The molecule has 0 aromatic carbocycles. The summed E-state index contributed by atoms with van der Waals surface area (Å²) in [5.74, 6) is -0.322. The predicted octanol–water partition coefficient (Wildman–Crippen LogP) is 1.24. The maximum absolute atomic E-state index is 12.0. The highest BCUT2D eigenvalue weighted by atomic mass is 32.1. The van der Waals surface area contributed by atoms with Crippen molar-refractivity contribution < 1.29 is 19.0 Å². The molecule has 0 spiro atoms. The number of nitrogens with zero attached hydrogens (tertiary/aromatic N) is 1. The lowest BCUT2D eigenvalue weighted by Gasteiger charge is -2.34. The number of carbonyl (C=O) groups is 1. The zero-order chi connectivity index (χ0) is 15.5. The molecular weight excluding hydrogens is 292 g/mol. The molecule has 2 rings (SSSR count). The average molecular weight is 316 g/mol. The number of carbonyl (C=O) groups excluding carboxylic acids is 1. The van der Waals surface area contributed by atoms with Gasteiger partial charge in [0.05, 0.1) is 18.6 Å². The molecule has 2 atom stereocenters. The molecule has 0 aromatic heterocycles. The topological polar surface area (TPSA) is 60.0 Å². The van der Waals surface area contributed by atoms with E-state index in [-0.39, 0.29) is 5.97 Å². The van der Waals surface area contributed by atoms with Crippen LogP contribution < -0.4 is 5.32 Å². The molecule has 0 bridgehead atoms. The number of likely N-dealkylation sites (tertiary alicyclic amines) is 1. The molecule has 0 aliphatic carbocycles. The number of hydrogen-bond acceptors (Lipinski definition) is 5. The second-order valence-electron chi connectivity index (χ2n) is 6.33. The van der Waals surface area contributed by atoms with Gasteiger partial charge in [-0.1, -0.05) is 0 Å². The Labute approximate surface area is 131 Å². The highest BCUT2D eigenvalue weighted by molar-refractivity contribution is 7.80. The fourth-order valence-corrected chi connectivity index (χ4v) is 2.43. The summed E-state index contributed by atoms with van der Waals surface area (Å²) in [4.78, 5) is 14.1. The van der Waals surface area contributed by atoms with Gasteiger partial charge in [-0.15, -0.1) is 0 Å². The number of ether oxygens (including phenoxy) is 3. The Morgan fingerprint density at radius 1 is 1.24 bits per heavy atom. The lowest BCUT2D eigenvalue weighted by molar-refractivity contribution is -0.250. The van der Waals surface area contributed by atoms with Gasteiger partial charge in [0.1, 0.15) is 0 Å². The van der Waals surface area contributed by atoms with Crippen LogP contribution in [0.1, 0.15) is 33.6 Å². The third-order valence-electron chi connectivity index (χ3n) is 3.40. The largest absolute Gasteiger partial charge is 0.430 e. The third-order valence-corrected chi connectivity index (χ3v) is 3.78. The van der Waals surface area contributed by atoms with E-state index in [0.717, 1.165) is 25.9 Å². The first-order valence-electron chi connectivity index (χ1n) is 7.37. The molecule has 0 unspecified atom stereocenters. The zero-order valence-corrected chi connectivity index (χ0v) is 13.7. The van der Waals surface area contributed by atoms with Crippen LogP contribution in [0.2, 0.25) is 0 Å². The zero-order valence-electron chi connectivity index (χ0n) is 12.9. The molecule has 2 fully saturated rings. The summed E-state index contributed by atoms with van der Waals surface area (Å²) in [5.41, 5.74) is -0.583. The molecule has 2 heterocycles. The van der Waals surface area contributed by atoms with Crippen LogP contribution >= 0.6 is 12.2 Å². The Hall–Kier alpha value is -0.920. The van der Waals surface area contributed by atoms with E-state index in [4.69, 9.17) is 26.4 Å². The van der Waals surface area contributed by atoms with Gasteiger partial charge in [-0.2, -0.15) is 0 Å². The fraction of sp³-hybridized carbons (Fsp3) is 0.857. The van der Waals surface area contributed by atoms with Gasteiger partial charge in [-0.25, -0.2) is 0 Å². The van der Waals surface area contributed by atoms with E-state index < -0.39 is 17.9 Å². The van der Waals surface area contributed by atoms with Crippen LogP contribution in [-0.4, -0.2) is 54.8 Å². The van der Waals surface area contributed by atoms with Crippen LogP contribution in [0.15, 0.2) is 0 Å². The van der Waals surface area contributed by atoms with Crippen LogP contribution in [0, 0.1) is 5.41 Å². The third kappa shape index (κ3) is 4.52. The highest BCUT2D eigenvalue weighted by Gasteiger charge is 2.35. The lowest BCUT2D eigenvalue weighted by atomic mass is 9.97. The molecule has 2 aliphatic heterocycles. The average Bonchev–Trinajstić information content (AvgIpc) is 2.93. The van der Waals surface area contributed by atoms with Crippen molar-refractivity contribution >= 4 is 23.3 Å². The van der Waals surface area contributed by atoms with Gasteiger partial charge in [-0.05, 0) is 45.8 Å². The molecule has 2 aliphatic rings. The molecular formula is C14H24N2O4S. The Kier molecular flexibility index (Phi) is 5.40. The number of thiocarbonyl (C=S) groups is 1. The standard InChI is InChI=1S/C14H24N2O4S/c1-14(2,3)12(17)20-11-10(18-8-9-19-11)15-13(21)16-6-4-5-7-16/h10-11H,4-9H2,1-3H3,(H,15,21)/t10-,11+/m1/s1. The number of esters is 1. The quantitative estimate of drug-likeness (QED) is 0.607. The molecule has 0 aromatic rings. The summed E-state index contributed by atoms with van der Waals surface area (Å²) in [6, 6.07) is 0. The van der Waals surface area contributed by atoms with Crippen molar-refractivity contribution in [2.24, 2.45) is 5.41 Å². The molecule has 0 radical (unpaired) electrons. The first-order chi connectivity index (χ1) is 9.88. The van der Waals surface area contributed by atoms with Crippen LogP contribution in [0.25, 0.3) is 0 Å². The second-order valence-corrected chi connectivity index (χ2v) is 6.72. The van der Waals surface area contributed by atoms with Crippen LogP contribution in [-0.2, 0) is 19.0 Å². The summed E-state index contributed by atoms with van der Waals surface area (Å²) in [6.45, 7) is 8.15. The minimum Gasteiger partial charge on any atom is -0.430 e. The van der Waals surface area contributed by atoms with Gasteiger partial charge in [0.15, 0.2) is 11.3 Å². The van der Waals surface area contributed by atoms with Gasteiger partial charge < -0.3 is 24.4 Å². The molecule has 7 heteroatoms. The number of nitrogens with one attached hydrogen (secondary N) is 1. The van der Waals surface area contributed by atoms with Crippen molar-refractivity contribution in [3.63, 3.8) is 0 Å². The van der Waals surface area contributed by atoms with E-state index >= 15 is 0 Å². The fourth-order valence-electron chi connectivity index (χ4n) is 2.13. The van der Waals surface area contributed by atoms with Crippen LogP contribution in [0.4, 0.5) is 0 Å². The van der Waals surface area contributed by atoms with E-state index in [1.807, 2.05) is 0 Å². The molecule has 6 nitrogen and oxygen atoms in total. The summed E-state index contributed by atoms with van der Waals surface area (Å²) in [7, 11) is 0. The Morgan fingerprint density at radius 3 is 2.48 bits per heavy atom. The SMILES string of the molecule is CC(C)(C)C(=O)O[C@@H]1OCCO[C@H]1NC(=S)N1CCCC1. The van der Waals surface area contributed by atoms with Gasteiger partial charge in [0.2, 0.25) is 6.29 Å². The number of hydrogen-bond donors (Lipinski definition) is 1. The maximum atomic E-state index is 12.0. The molecule has 2 saturated heterocycles. The first kappa shape index (κ1) is 16.5. The highest BCUT2D eigenvalue weighted by Crippen LogP contribution is 2.20. The maximum Gasteiger partial charge on any atom is 0.313 e. The second kappa shape index (κ2) is 6.89. The minimum absolute atomic E-state index is 0.322. The van der Waals surface area contributed by atoms with Crippen molar-refractivity contribution in [2.45, 2.75) is 46.1 Å².